The van der Waals surface area contributed by atoms with E-state index in [1.165, 1.54) is 17.0 Å². The molecule has 3 rings (SSSR count). The van der Waals surface area contributed by atoms with E-state index in [0.717, 1.165) is 38.2 Å². The number of benzene rings is 2. The largest absolute Gasteiger partial charge is 0.504 e. The molecule has 0 saturated heterocycles. The second kappa shape index (κ2) is 17.3. The third-order valence-electron chi connectivity index (χ3n) is 9.17. The zero-order chi connectivity index (χ0) is 37.3. The zero-order valence-electron chi connectivity index (χ0n) is 30.4. The SMILES string of the molecule is CCN(CC)C(=O)c1cc2c([N+](=O)[O-])c(O)c(O)cc2cc1C(=O)N(CC)CCCCN(C)C(=O)C(NC(=O)OC(C)(C)C)C1CCCCC1. The van der Waals surface area contributed by atoms with Crippen molar-refractivity contribution in [2.75, 3.05) is 39.8 Å². The molecule has 1 atom stereocenters. The monoisotopic (exact) mass is 699 g/mol. The third-order valence-corrected chi connectivity index (χ3v) is 9.17. The number of aromatic hydroxyl groups is 2. The number of amides is 4. The highest BCUT2D eigenvalue weighted by atomic mass is 16.6. The summed E-state index contributed by atoms with van der Waals surface area (Å²) in [5.41, 5.74) is -1.49. The molecule has 1 saturated carbocycles. The average molecular weight is 700 g/mol. The highest BCUT2D eigenvalue weighted by Gasteiger charge is 2.34. The van der Waals surface area contributed by atoms with Gasteiger partial charge >= 0.3 is 11.8 Å². The van der Waals surface area contributed by atoms with Gasteiger partial charge in [0, 0.05) is 39.8 Å². The lowest BCUT2D eigenvalue weighted by molar-refractivity contribution is -0.384. The standard InChI is InChI=1S/C36H53N5O9/c1-8-39(9-2)32(44)27-22-25-24(21-28(42)31(43)30(25)41(48)49)20-26(27)33(45)40(10-3)19-15-14-18-38(7)34(46)29(23-16-12-11-13-17-23)37-35(47)50-36(4,5)6/h20-23,29,42-43H,8-19H2,1-7H3,(H,37,47). The fourth-order valence-electron chi connectivity index (χ4n) is 6.48. The van der Waals surface area contributed by atoms with E-state index in [-0.39, 0.29) is 33.7 Å². The van der Waals surface area contributed by atoms with Crippen LogP contribution >= 0.6 is 0 Å². The summed E-state index contributed by atoms with van der Waals surface area (Å²) in [6.07, 6.45) is 5.23. The van der Waals surface area contributed by atoms with Gasteiger partial charge in [0.05, 0.1) is 21.4 Å². The number of phenols is 2. The molecule has 1 unspecified atom stereocenters. The third kappa shape index (κ3) is 9.75. The molecule has 14 nitrogen and oxygen atoms in total. The number of hydrogen-bond acceptors (Lipinski definition) is 9. The summed E-state index contributed by atoms with van der Waals surface area (Å²) in [6.45, 7) is 12.3. The van der Waals surface area contributed by atoms with Crippen LogP contribution in [0.4, 0.5) is 10.5 Å². The van der Waals surface area contributed by atoms with Gasteiger partial charge in [0.15, 0.2) is 5.75 Å². The van der Waals surface area contributed by atoms with Crippen LogP contribution in [0.15, 0.2) is 18.2 Å². The normalized spacial score (nSPS) is 14.1. The number of hydrogen-bond donors (Lipinski definition) is 3. The molecule has 0 heterocycles. The zero-order valence-corrected chi connectivity index (χ0v) is 30.4. The van der Waals surface area contributed by atoms with E-state index in [1.807, 2.05) is 0 Å². The lowest BCUT2D eigenvalue weighted by atomic mass is 9.83. The van der Waals surface area contributed by atoms with Gasteiger partial charge in [-0.15, -0.1) is 0 Å². The molecule has 0 aliphatic heterocycles. The van der Waals surface area contributed by atoms with E-state index >= 15 is 0 Å². The van der Waals surface area contributed by atoms with Gasteiger partial charge in [-0.25, -0.2) is 4.79 Å². The summed E-state index contributed by atoms with van der Waals surface area (Å²) in [4.78, 5) is 69.6. The topological polar surface area (TPSA) is 183 Å². The minimum absolute atomic E-state index is 0.0157. The average Bonchev–Trinajstić information content (AvgIpc) is 3.06. The molecule has 14 heteroatoms. The summed E-state index contributed by atoms with van der Waals surface area (Å²) in [5, 5.41) is 35.2. The van der Waals surface area contributed by atoms with Crippen molar-refractivity contribution in [1.29, 1.82) is 0 Å². The molecule has 4 amide bonds. The number of alkyl carbamates (subject to hydrolysis) is 1. The van der Waals surface area contributed by atoms with Crippen LogP contribution in [0, 0.1) is 16.0 Å². The van der Waals surface area contributed by atoms with Crippen molar-refractivity contribution < 1.29 is 39.1 Å². The maximum Gasteiger partial charge on any atom is 0.408 e. The fraction of sp³-hybridized carbons (Fsp3) is 0.611. The molecule has 1 fully saturated rings. The lowest BCUT2D eigenvalue weighted by Gasteiger charge is -2.33. The van der Waals surface area contributed by atoms with Crippen LogP contribution in [-0.2, 0) is 9.53 Å². The van der Waals surface area contributed by atoms with Crippen LogP contribution < -0.4 is 5.32 Å². The number of unbranched alkanes of at least 4 members (excludes halogenated alkanes) is 1. The Morgan fingerprint density at radius 1 is 0.920 bits per heavy atom. The Labute approximate surface area is 293 Å². The highest BCUT2D eigenvalue weighted by molar-refractivity contribution is 6.12. The Kier molecular flexibility index (Phi) is 13.8. The first-order valence-electron chi connectivity index (χ1n) is 17.5. The van der Waals surface area contributed by atoms with Crippen molar-refractivity contribution in [3.05, 3.63) is 39.4 Å². The molecule has 1 aliphatic carbocycles. The minimum atomic E-state index is -0.924. The molecule has 3 N–H and O–H groups in total. The van der Waals surface area contributed by atoms with Gasteiger partial charge in [0.1, 0.15) is 11.6 Å². The number of carbonyl (C=O) groups excluding carboxylic acids is 4. The Bertz CT molecular complexity index is 1560. The van der Waals surface area contributed by atoms with Gasteiger partial charge in [-0.05, 0) is 96.7 Å². The summed E-state index contributed by atoms with van der Waals surface area (Å²) in [5.74, 6) is -2.78. The summed E-state index contributed by atoms with van der Waals surface area (Å²) < 4.78 is 5.45. The Morgan fingerprint density at radius 2 is 1.48 bits per heavy atom. The smallest absolute Gasteiger partial charge is 0.408 e. The molecule has 2 aromatic rings. The van der Waals surface area contributed by atoms with Gasteiger partial charge in [-0.3, -0.25) is 24.5 Å². The van der Waals surface area contributed by atoms with Crippen LogP contribution in [0.2, 0.25) is 0 Å². The van der Waals surface area contributed by atoms with Gasteiger partial charge in [-0.1, -0.05) is 19.3 Å². The molecular weight excluding hydrogens is 646 g/mol. The number of phenolic OH excluding ortho intramolecular Hbond substituents is 2. The maximum atomic E-state index is 14.0. The van der Waals surface area contributed by atoms with Crippen molar-refractivity contribution >= 4 is 40.3 Å². The maximum absolute atomic E-state index is 14.0. The van der Waals surface area contributed by atoms with Crippen LogP contribution in [0.1, 0.15) is 107 Å². The lowest BCUT2D eigenvalue weighted by Crippen LogP contribution is -2.52. The van der Waals surface area contributed by atoms with Crippen molar-refractivity contribution in [2.24, 2.45) is 5.92 Å². The number of nitro benzene ring substituents is 1. The Hall–Kier alpha value is -4.62. The van der Waals surface area contributed by atoms with Gasteiger partial charge < -0.3 is 35.0 Å². The fourth-order valence-corrected chi connectivity index (χ4v) is 6.48. The van der Waals surface area contributed by atoms with E-state index in [2.05, 4.69) is 5.32 Å². The second-order valence-corrected chi connectivity index (χ2v) is 13.8. The van der Waals surface area contributed by atoms with E-state index in [0.29, 0.717) is 45.6 Å². The number of fused-ring (bicyclic) bond motifs is 1. The van der Waals surface area contributed by atoms with Crippen molar-refractivity contribution in [1.82, 2.24) is 20.0 Å². The number of likely N-dealkylation sites (N-methyl/N-ethyl adjacent to an activating group) is 1. The van der Waals surface area contributed by atoms with Gasteiger partial charge in [0.25, 0.3) is 11.8 Å². The van der Waals surface area contributed by atoms with Crippen LogP contribution in [0.3, 0.4) is 0 Å². The van der Waals surface area contributed by atoms with Crippen LogP contribution in [0.25, 0.3) is 10.8 Å². The minimum Gasteiger partial charge on any atom is -0.504 e. The van der Waals surface area contributed by atoms with Crippen molar-refractivity contribution in [3.63, 3.8) is 0 Å². The Morgan fingerprint density at radius 3 is 2.04 bits per heavy atom. The molecule has 50 heavy (non-hydrogen) atoms. The second-order valence-electron chi connectivity index (χ2n) is 13.8. The molecule has 276 valence electrons. The molecule has 0 bridgehead atoms. The molecule has 1 aliphatic rings. The van der Waals surface area contributed by atoms with Crippen LogP contribution in [-0.4, -0.2) is 105 Å². The van der Waals surface area contributed by atoms with E-state index in [1.54, 1.807) is 58.4 Å². The first-order chi connectivity index (χ1) is 23.5. The Balaban J connectivity index is 1.80. The quantitative estimate of drug-likeness (QED) is 0.0947. The molecule has 0 spiro atoms. The van der Waals surface area contributed by atoms with Gasteiger partial charge in [0.2, 0.25) is 11.7 Å². The predicted molar refractivity (Wildman–Crippen MR) is 189 cm³/mol. The van der Waals surface area contributed by atoms with E-state index in [4.69, 9.17) is 4.74 Å². The molecule has 0 aromatic heterocycles. The highest BCUT2D eigenvalue weighted by Crippen LogP contribution is 2.42. The van der Waals surface area contributed by atoms with E-state index in [9.17, 15) is 39.5 Å². The van der Waals surface area contributed by atoms with Crippen molar-refractivity contribution in [3.8, 4) is 11.5 Å². The molecule has 2 aromatic carbocycles. The number of nitro groups is 1. The van der Waals surface area contributed by atoms with Gasteiger partial charge in [-0.2, -0.15) is 0 Å². The number of nitrogens with zero attached hydrogens (tertiary/aromatic N) is 4. The number of ether oxygens (including phenoxy) is 1. The van der Waals surface area contributed by atoms with E-state index < -0.39 is 51.7 Å². The number of carbonyl (C=O) groups is 4. The van der Waals surface area contributed by atoms with Crippen molar-refractivity contribution in [2.45, 2.75) is 98.1 Å². The summed E-state index contributed by atoms with van der Waals surface area (Å²) in [6, 6.07) is 3.01. The molecule has 0 radical (unpaired) electrons. The summed E-state index contributed by atoms with van der Waals surface area (Å²) in [7, 11) is 1.70. The molecular formula is C36H53N5O9. The van der Waals surface area contributed by atoms with Crippen LogP contribution in [0.5, 0.6) is 11.5 Å². The first-order valence-corrected chi connectivity index (χ1v) is 17.5. The number of rotatable bonds is 14. The first kappa shape index (κ1) is 39.8. The summed E-state index contributed by atoms with van der Waals surface area (Å²) >= 11 is 0. The number of nitrogens with one attached hydrogen (secondary N) is 1. The predicted octanol–water partition coefficient (Wildman–Crippen LogP) is 5.82.